The quantitative estimate of drug-likeness (QED) is 0.711. The Balaban J connectivity index is 1.57. The number of aliphatic carboxylic acids is 1. The highest BCUT2D eigenvalue weighted by Crippen LogP contribution is 2.29. The van der Waals surface area contributed by atoms with Crippen molar-refractivity contribution in [2.24, 2.45) is 11.8 Å². The maximum absolute atomic E-state index is 11.7. The average Bonchev–Trinajstić information content (AvgIpc) is 3.03. The third-order valence-electron chi connectivity index (χ3n) is 4.23. The maximum Gasteiger partial charge on any atom is 0.332 e. The van der Waals surface area contributed by atoms with Crippen LogP contribution >= 0.6 is 0 Å². The number of urea groups is 1. The Morgan fingerprint density at radius 1 is 1.15 bits per heavy atom. The van der Waals surface area contributed by atoms with Crippen molar-refractivity contribution in [1.82, 2.24) is 10.6 Å². The van der Waals surface area contributed by atoms with E-state index in [1.165, 1.54) is 19.3 Å². The Morgan fingerprint density at radius 3 is 2.50 bits per heavy atom. The molecule has 6 nitrogen and oxygen atoms in total. The van der Waals surface area contributed by atoms with E-state index < -0.39 is 12.1 Å². The average molecular weight is 284 g/mol. The molecule has 1 saturated heterocycles. The Hall–Kier alpha value is -1.30. The standard InChI is InChI=1S/C14H24N2O4/c1-9-2-3-10(6-9)7-15-14(19)16-8-11-4-5-12(20-11)13(17)18/h9-12H,2-8H2,1H3,(H,17,18)(H2,15,16,19). The van der Waals surface area contributed by atoms with Crippen molar-refractivity contribution < 1.29 is 19.4 Å². The SMILES string of the molecule is CC1CCC(CNC(=O)NCC2CCC(C(=O)O)O2)C1. The molecule has 0 aromatic rings. The summed E-state index contributed by atoms with van der Waals surface area (Å²) in [7, 11) is 0. The molecule has 1 aliphatic carbocycles. The number of hydrogen-bond acceptors (Lipinski definition) is 3. The summed E-state index contributed by atoms with van der Waals surface area (Å²) < 4.78 is 5.32. The number of carbonyl (C=O) groups excluding carboxylic acids is 1. The van der Waals surface area contributed by atoms with Crippen LogP contribution in [0.3, 0.4) is 0 Å². The van der Waals surface area contributed by atoms with Gasteiger partial charge in [-0.2, -0.15) is 0 Å². The van der Waals surface area contributed by atoms with Gasteiger partial charge in [-0.15, -0.1) is 0 Å². The van der Waals surface area contributed by atoms with Crippen molar-refractivity contribution in [3.8, 4) is 0 Å². The van der Waals surface area contributed by atoms with Crippen molar-refractivity contribution in [3.05, 3.63) is 0 Å². The van der Waals surface area contributed by atoms with Gasteiger partial charge in [0.1, 0.15) is 0 Å². The largest absolute Gasteiger partial charge is 0.479 e. The summed E-state index contributed by atoms with van der Waals surface area (Å²) in [5.41, 5.74) is 0. The van der Waals surface area contributed by atoms with Crippen LogP contribution in [0.4, 0.5) is 4.79 Å². The summed E-state index contributed by atoms with van der Waals surface area (Å²) in [6.45, 7) is 3.34. The third-order valence-corrected chi connectivity index (χ3v) is 4.23. The van der Waals surface area contributed by atoms with E-state index in [2.05, 4.69) is 17.6 Å². The summed E-state index contributed by atoms with van der Waals surface area (Å²) in [6, 6.07) is -0.188. The van der Waals surface area contributed by atoms with Crippen molar-refractivity contribution in [3.63, 3.8) is 0 Å². The Labute approximate surface area is 119 Å². The summed E-state index contributed by atoms with van der Waals surface area (Å²) in [4.78, 5) is 22.4. The van der Waals surface area contributed by atoms with E-state index in [9.17, 15) is 9.59 Å². The van der Waals surface area contributed by atoms with Gasteiger partial charge in [-0.05, 0) is 37.5 Å². The predicted octanol–water partition coefficient (Wildman–Crippen LogP) is 1.35. The molecule has 0 aromatic carbocycles. The smallest absolute Gasteiger partial charge is 0.332 e. The van der Waals surface area contributed by atoms with Crippen LogP contribution in [0, 0.1) is 11.8 Å². The first-order chi connectivity index (χ1) is 9.54. The first kappa shape index (κ1) is 15.1. The van der Waals surface area contributed by atoms with Crippen molar-refractivity contribution in [2.45, 2.75) is 51.2 Å². The zero-order valence-electron chi connectivity index (χ0n) is 11.9. The highest BCUT2D eigenvalue weighted by atomic mass is 16.5. The van der Waals surface area contributed by atoms with Gasteiger partial charge in [0.25, 0.3) is 0 Å². The molecule has 1 heterocycles. The molecule has 2 rings (SSSR count). The first-order valence-electron chi connectivity index (χ1n) is 7.44. The topological polar surface area (TPSA) is 87.7 Å². The zero-order chi connectivity index (χ0) is 14.5. The van der Waals surface area contributed by atoms with Gasteiger partial charge < -0.3 is 20.5 Å². The number of carboxylic acid groups (broad SMARTS) is 1. The second kappa shape index (κ2) is 6.92. The normalized spacial score (nSPS) is 33.0. The van der Waals surface area contributed by atoms with Crippen LogP contribution < -0.4 is 10.6 Å². The third kappa shape index (κ3) is 4.37. The van der Waals surface area contributed by atoms with Crippen LogP contribution in [0.15, 0.2) is 0 Å². The highest BCUT2D eigenvalue weighted by molar-refractivity contribution is 5.74. The monoisotopic (exact) mass is 284 g/mol. The molecule has 1 aliphatic heterocycles. The number of amides is 2. The van der Waals surface area contributed by atoms with E-state index in [1.54, 1.807) is 0 Å². The summed E-state index contributed by atoms with van der Waals surface area (Å²) in [5.74, 6) is 0.437. The summed E-state index contributed by atoms with van der Waals surface area (Å²) in [5, 5.41) is 14.4. The van der Waals surface area contributed by atoms with E-state index in [0.29, 0.717) is 25.3 Å². The van der Waals surface area contributed by atoms with Crippen LogP contribution in [0.5, 0.6) is 0 Å². The first-order valence-corrected chi connectivity index (χ1v) is 7.44. The zero-order valence-corrected chi connectivity index (χ0v) is 11.9. The molecule has 114 valence electrons. The summed E-state index contributed by atoms with van der Waals surface area (Å²) in [6.07, 6.45) is 3.92. The maximum atomic E-state index is 11.7. The number of ether oxygens (including phenoxy) is 1. The second-order valence-electron chi connectivity index (χ2n) is 6.04. The van der Waals surface area contributed by atoms with Gasteiger partial charge in [0.15, 0.2) is 6.10 Å². The van der Waals surface area contributed by atoms with Crippen LogP contribution in [-0.4, -0.2) is 42.4 Å². The minimum atomic E-state index is -0.924. The Morgan fingerprint density at radius 2 is 1.90 bits per heavy atom. The van der Waals surface area contributed by atoms with Gasteiger partial charge in [-0.3, -0.25) is 0 Å². The van der Waals surface area contributed by atoms with Crippen molar-refractivity contribution in [2.75, 3.05) is 13.1 Å². The fourth-order valence-electron chi connectivity index (χ4n) is 3.05. The van der Waals surface area contributed by atoms with E-state index >= 15 is 0 Å². The van der Waals surface area contributed by atoms with E-state index in [-0.39, 0.29) is 12.1 Å². The molecule has 6 heteroatoms. The van der Waals surface area contributed by atoms with Gasteiger partial charge in [0.05, 0.1) is 6.10 Å². The number of carbonyl (C=O) groups is 2. The van der Waals surface area contributed by atoms with Crippen LogP contribution in [0.25, 0.3) is 0 Å². The molecule has 0 radical (unpaired) electrons. The molecule has 1 saturated carbocycles. The second-order valence-corrected chi connectivity index (χ2v) is 6.04. The van der Waals surface area contributed by atoms with Crippen molar-refractivity contribution in [1.29, 1.82) is 0 Å². The van der Waals surface area contributed by atoms with Gasteiger partial charge >= 0.3 is 12.0 Å². The molecule has 20 heavy (non-hydrogen) atoms. The van der Waals surface area contributed by atoms with E-state index in [0.717, 1.165) is 12.5 Å². The lowest BCUT2D eigenvalue weighted by Gasteiger charge is -2.14. The minimum absolute atomic E-state index is 0.187. The Bertz CT molecular complexity index is 361. The fourth-order valence-corrected chi connectivity index (χ4v) is 3.05. The fraction of sp³-hybridized carbons (Fsp3) is 0.857. The molecule has 2 aliphatic rings. The van der Waals surface area contributed by atoms with Gasteiger partial charge in [0, 0.05) is 13.1 Å². The molecular weight excluding hydrogens is 260 g/mol. The summed E-state index contributed by atoms with van der Waals surface area (Å²) >= 11 is 0. The molecule has 4 unspecified atom stereocenters. The van der Waals surface area contributed by atoms with Gasteiger partial charge in [-0.1, -0.05) is 13.3 Å². The van der Waals surface area contributed by atoms with Gasteiger partial charge in [-0.25, -0.2) is 9.59 Å². The molecule has 2 amide bonds. The van der Waals surface area contributed by atoms with Crippen molar-refractivity contribution >= 4 is 12.0 Å². The van der Waals surface area contributed by atoms with Crippen LogP contribution in [0.2, 0.25) is 0 Å². The molecule has 0 spiro atoms. The minimum Gasteiger partial charge on any atom is -0.479 e. The molecule has 3 N–H and O–H groups in total. The van der Waals surface area contributed by atoms with Crippen LogP contribution in [-0.2, 0) is 9.53 Å². The molecule has 4 atom stereocenters. The molecule has 0 bridgehead atoms. The number of rotatable bonds is 5. The Kier molecular flexibility index (Phi) is 5.23. The predicted molar refractivity (Wildman–Crippen MR) is 73.4 cm³/mol. The van der Waals surface area contributed by atoms with Crippen LogP contribution in [0.1, 0.15) is 39.0 Å². The van der Waals surface area contributed by atoms with Gasteiger partial charge in [0.2, 0.25) is 0 Å². The molecular formula is C14H24N2O4. The number of carboxylic acids is 1. The van der Waals surface area contributed by atoms with E-state index in [1.807, 2.05) is 0 Å². The molecule has 2 fully saturated rings. The lowest BCUT2D eigenvalue weighted by Crippen LogP contribution is -2.41. The lowest BCUT2D eigenvalue weighted by atomic mass is 10.1. The van der Waals surface area contributed by atoms with E-state index in [4.69, 9.17) is 9.84 Å². The molecule has 0 aromatic heterocycles. The lowest BCUT2D eigenvalue weighted by molar-refractivity contribution is -0.149. The number of hydrogen-bond donors (Lipinski definition) is 3. The number of nitrogens with one attached hydrogen (secondary N) is 2. The highest BCUT2D eigenvalue weighted by Gasteiger charge is 2.30.